The lowest BCUT2D eigenvalue weighted by molar-refractivity contribution is 0.314. The largest absolute Gasteiger partial charge is 0.463 e. The molecule has 18 heavy (non-hydrogen) atoms. The van der Waals surface area contributed by atoms with E-state index in [4.69, 9.17) is 4.74 Å². The van der Waals surface area contributed by atoms with E-state index in [0.29, 0.717) is 6.61 Å². The van der Waals surface area contributed by atoms with Gasteiger partial charge in [0.2, 0.25) is 5.95 Å². The monoisotopic (exact) mass is 352 g/mol. The Kier molecular flexibility index (Phi) is 3.88. The fourth-order valence-electron chi connectivity index (χ4n) is 1.11. The number of anilines is 1. The molecule has 0 aliphatic heterocycles. The smallest absolute Gasteiger partial charge is 0.337 e. The van der Waals surface area contributed by atoms with Gasteiger partial charge < -0.3 is 4.74 Å². The summed E-state index contributed by atoms with van der Waals surface area (Å²) < 4.78 is 32.1. The zero-order chi connectivity index (χ0) is 13.2. The lowest BCUT2D eigenvalue weighted by atomic mass is 10.7. The summed E-state index contributed by atoms with van der Waals surface area (Å²) in [7, 11) is -3.64. The number of hydrogen-bond acceptors (Lipinski definition) is 6. The fraction of sp³-hybridized carbons (Fsp3) is 0.250. The number of H-pyrrole nitrogens is 1. The lowest BCUT2D eigenvalue weighted by Crippen LogP contribution is -2.12. The third-order valence-electron chi connectivity index (χ3n) is 1.78. The van der Waals surface area contributed by atoms with Crippen LogP contribution >= 0.6 is 27.3 Å². The minimum absolute atomic E-state index is 0.0166. The highest BCUT2D eigenvalue weighted by atomic mass is 79.9. The average molecular weight is 353 g/mol. The van der Waals surface area contributed by atoms with Gasteiger partial charge in [-0.2, -0.15) is 4.98 Å². The van der Waals surface area contributed by atoms with Gasteiger partial charge in [-0.15, -0.1) is 16.4 Å². The third kappa shape index (κ3) is 3.00. The minimum atomic E-state index is -3.64. The average Bonchev–Trinajstić information content (AvgIpc) is 2.88. The molecule has 0 amide bonds. The molecule has 0 radical (unpaired) electrons. The molecule has 0 fully saturated rings. The SMILES string of the molecule is CCOc1n[nH]c(NS(=O)(=O)c2ccc(Br)s2)n1. The van der Waals surface area contributed by atoms with Gasteiger partial charge in [0.1, 0.15) is 4.21 Å². The first-order chi connectivity index (χ1) is 8.51. The molecule has 10 heteroatoms. The van der Waals surface area contributed by atoms with Crippen molar-refractivity contribution >= 4 is 43.2 Å². The number of nitrogens with zero attached hydrogens (tertiary/aromatic N) is 2. The van der Waals surface area contributed by atoms with Crippen LogP contribution in [0.1, 0.15) is 6.92 Å². The van der Waals surface area contributed by atoms with Crippen LogP contribution in [-0.4, -0.2) is 30.2 Å². The summed E-state index contributed by atoms with van der Waals surface area (Å²) in [6, 6.07) is 3.25. The number of halogens is 1. The second-order valence-electron chi connectivity index (χ2n) is 3.06. The molecule has 98 valence electrons. The number of sulfonamides is 1. The van der Waals surface area contributed by atoms with Crippen molar-refractivity contribution in [3.05, 3.63) is 15.9 Å². The van der Waals surface area contributed by atoms with Gasteiger partial charge in [0.25, 0.3) is 10.0 Å². The van der Waals surface area contributed by atoms with Crippen molar-refractivity contribution in [3.63, 3.8) is 0 Å². The Morgan fingerprint density at radius 3 is 2.94 bits per heavy atom. The Hall–Kier alpha value is -1.13. The molecule has 2 N–H and O–H groups in total. The number of aromatic amines is 1. The minimum Gasteiger partial charge on any atom is -0.463 e. The maximum Gasteiger partial charge on any atom is 0.337 e. The molecule has 0 aliphatic rings. The second kappa shape index (κ2) is 5.24. The molecular weight excluding hydrogens is 344 g/mol. The predicted molar refractivity (Wildman–Crippen MR) is 70.4 cm³/mol. The van der Waals surface area contributed by atoms with Crippen LogP contribution in [0.4, 0.5) is 5.95 Å². The fourth-order valence-corrected chi connectivity index (χ4v) is 4.07. The van der Waals surface area contributed by atoms with E-state index >= 15 is 0 Å². The zero-order valence-corrected chi connectivity index (χ0v) is 12.4. The van der Waals surface area contributed by atoms with Gasteiger partial charge in [0.05, 0.1) is 10.4 Å². The van der Waals surface area contributed by atoms with Crippen LogP contribution in [0.2, 0.25) is 0 Å². The Balaban J connectivity index is 2.17. The van der Waals surface area contributed by atoms with Crippen molar-refractivity contribution in [2.45, 2.75) is 11.1 Å². The topological polar surface area (TPSA) is 97.0 Å². The Morgan fingerprint density at radius 2 is 2.33 bits per heavy atom. The van der Waals surface area contributed by atoms with Gasteiger partial charge in [-0.1, -0.05) is 0 Å². The summed E-state index contributed by atoms with van der Waals surface area (Å²) in [6.45, 7) is 2.19. The first-order valence-corrected chi connectivity index (χ1v) is 7.94. The highest BCUT2D eigenvalue weighted by Gasteiger charge is 2.18. The van der Waals surface area contributed by atoms with Crippen molar-refractivity contribution in [1.29, 1.82) is 0 Å². The zero-order valence-electron chi connectivity index (χ0n) is 9.18. The van der Waals surface area contributed by atoms with Gasteiger partial charge in [-0.3, -0.25) is 0 Å². The van der Waals surface area contributed by atoms with E-state index in [0.717, 1.165) is 15.1 Å². The molecule has 2 rings (SSSR count). The molecule has 0 atom stereocenters. The predicted octanol–water partition coefficient (Wildman–Crippen LogP) is 1.83. The van der Waals surface area contributed by atoms with Crippen LogP contribution in [-0.2, 0) is 10.0 Å². The molecule has 7 nitrogen and oxygen atoms in total. The molecular formula is C8H9BrN4O3S2. The Bertz CT molecular complexity index is 636. The number of ether oxygens (including phenoxy) is 1. The van der Waals surface area contributed by atoms with Crippen molar-refractivity contribution in [3.8, 4) is 6.01 Å². The van der Waals surface area contributed by atoms with Crippen LogP contribution in [0.3, 0.4) is 0 Å². The number of nitrogens with one attached hydrogen (secondary N) is 2. The van der Waals surface area contributed by atoms with Crippen molar-refractivity contribution in [2.24, 2.45) is 0 Å². The second-order valence-corrected chi connectivity index (χ2v) is 7.44. The van der Waals surface area contributed by atoms with E-state index in [1.54, 1.807) is 13.0 Å². The quantitative estimate of drug-likeness (QED) is 0.855. The summed E-state index contributed by atoms with van der Waals surface area (Å²) in [5.41, 5.74) is 0. The van der Waals surface area contributed by atoms with E-state index in [1.807, 2.05) is 0 Å². The molecule has 0 bridgehead atoms. The summed E-state index contributed by atoms with van der Waals surface area (Å²) in [5, 5.41) is 6.14. The number of thiophene rings is 1. The Morgan fingerprint density at radius 1 is 1.56 bits per heavy atom. The van der Waals surface area contributed by atoms with E-state index in [9.17, 15) is 8.42 Å². The van der Waals surface area contributed by atoms with E-state index < -0.39 is 10.0 Å². The van der Waals surface area contributed by atoms with Crippen LogP contribution in [0.25, 0.3) is 0 Å². The molecule has 0 saturated heterocycles. The van der Waals surface area contributed by atoms with Crippen molar-refractivity contribution < 1.29 is 13.2 Å². The summed E-state index contributed by atoms with van der Waals surface area (Å²) >= 11 is 4.31. The molecule has 2 aromatic rings. The summed E-state index contributed by atoms with van der Waals surface area (Å²) in [6.07, 6.45) is 0. The third-order valence-corrected chi connectivity index (χ3v) is 5.24. The maximum absolute atomic E-state index is 11.9. The van der Waals surface area contributed by atoms with Crippen molar-refractivity contribution in [2.75, 3.05) is 11.3 Å². The van der Waals surface area contributed by atoms with Gasteiger partial charge >= 0.3 is 6.01 Å². The number of hydrogen-bond donors (Lipinski definition) is 2. The van der Waals surface area contributed by atoms with E-state index in [1.165, 1.54) is 6.07 Å². The van der Waals surface area contributed by atoms with Gasteiger partial charge in [0.15, 0.2) is 0 Å². The highest BCUT2D eigenvalue weighted by molar-refractivity contribution is 9.11. The standard InChI is InChI=1S/C8H9BrN4O3S2/c1-2-16-8-10-7(11-12-8)13-18(14,15)6-4-3-5(9)17-6/h3-4H,2H2,1H3,(H2,10,11,12,13). The molecule has 0 spiro atoms. The first-order valence-electron chi connectivity index (χ1n) is 4.84. The van der Waals surface area contributed by atoms with Crippen molar-refractivity contribution in [1.82, 2.24) is 15.2 Å². The van der Waals surface area contributed by atoms with Crippen LogP contribution < -0.4 is 9.46 Å². The van der Waals surface area contributed by atoms with E-state index in [2.05, 4.69) is 35.8 Å². The normalized spacial score (nSPS) is 11.4. The maximum atomic E-state index is 11.9. The first kappa shape index (κ1) is 13.3. The lowest BCUT2D eigenvalue weighted by Gasteiger charge is -2.00. The van der Waals surface area contributed by atoms with E-state index in [-0.39, 0.29) is 16.2 Å². The van der Waals surface area contributed by atoms with Crippen LogP contribution in [0.15, 0.2) is 20.1 Å². The molecule has 0 saturated carbocycles. The van der Waals surface area contributed by atoms with Gasteiger partial charge in [-0.05, 0) is 35.0 Å². The molecule has 0 unspecified atom stereocenters. The number of aromatic nitrogens is 3. The van der Waals surface area contributed by atoms with Crippen LogP contribution in [0.5, 0.6) is 6.01 Å². The summed E-state index contributed by atoms with van der Waals surface area (Å²) in [5.74, 6) is 0.0166. The molecule has 0 aliphatic carbocycles. The number of rotatable bonds is 5. The Labute approximate surface area is 116 Å². The molecule has 0 aromatic carbocycles. The van der Waals surface area contributed by atoms with Crippen LogP contribution in [0, 0.1) is 0 Å². The van der Waals surface area contributed by atoms with Gasteiger partial charge in [0, 0.05) is 0 Å². The molecule has 2 aromatic heterocycles. The summed E-state index contributed by atoms with van der Waals surface area (Å²) in [4.78, 5) is 3.83. The highest BCUT2D eigenvalue weighted by Crippen LogP contribution is 2.27. The molecule has 2 heterocycles. The van der Waals surface area contributed by atoms with Gasteiger partial charge in [-0.25, -0.2) is 18.2 Å².